The second kappa shape index (κ2) is 12.4. The van der Waals surface area contributed by atoms with Gasteiger partial charge in [-0.15, -0.1) is 0 Å². The van der Waals surface area contributed by atoms with Crippen LogP contribution in [0.2, 0.25) is 5.02 Å². The lowest BCUT2D eigenvalue weighted by molar-refractivity contribution is -0.136. The van der Waals surface area contributed by atoms with Crippen molar-refractivity contribution in [3.8, 4) is 0 Å². The number of halogens is 1. The largest absolute Gasteiger partial charge is 0.369 e. The molecule has 2 amide bonds. The summed E-state index contributed by atoms with van der Waals surface area (Å²) in [6.45, 7) is 3.91. The zero-order chi connectivity index (χ0) is 27.2. The molecule has 1 fully saturated rings. The number of fused-ring (bicyclic) bond motifs is 1. The van der Waals surface area contributed by atoms with E-state index in [4.69, 9.17) is 11.6 Å². The van der Waals surface area contributed by atoms with Crippen LogP contribution >= 0.6 is 11.6 Å². The molecule has 0 aliphatic carbocycles. The van der Waals surface area contributed by atoms with Crippen molar-refractivity contribution in [2.45, 2.75) is 19.0 Å². The number of amides is 2. The number of para-hydroxylation sites is 2. The lowest BCUT2D eigenvalue weighted by Gasteiger charge is -2.36. The van der Waals surface area contributed by atoms with E-state index in [1.54, 1.807) is 11.9 Å². The molecule has 1 aromatic heterocycles. The molecule has 2 N–H and O–H groups in total. The van der Waals surface area contributed by atoms with Crippen LogP contribution in [-0.2, 0) is 22.6 Å². The van der Waals surface area contributed by atoms with Gasteiger partial charge in [-0.3, -0.25) is 14.5 Å². The van der Waals surface area contributed by atoms with Gasteiger partial charge in [0.25, 0.3) is 0 Å². The Morgan fingerprint density at radius 3 is 2.38 bits per heavy atom. The Balaban J connectivity index is 1.26. The van der Waals surface area contributed by atoms with Gasteiger partial charge in [0.1, 0.15) is 6.04 Å². The van der Waals surface area contributed by atoms with Gasteiger partial charge in [0.2, 0.25) is 11.8 Å². The van der Waals surface area contributed by atoms with Gasteiger partial charge in [-0.2, -0.15) is 0 Å². The quantitative estimate of drug-likeness (QED) is 0.330. The molecule has 8 heteroatoms. The fourth-order valence-electron chi connectivity index (χ4n) is 5.19. The van der Waals surface area contributed by atoms with Crippen molar-refractivity contribution >= 4 is 40.0 Å². The normalized spacial score (nSPS) is 14.8. The summed E-state index contributed by atoms with van der Waals surface area (Å²) >= 11 is 6.35. The third-order valence-electron chi connectivity index (χ3n) is 7.33. The number of carbonyl (C=O) groups is 2. The predicted octanol–water partition coefficient (Wildman–Crippen LogP) is 4.33. The number of H-pyrrole nitrogens is 1. The fraction of sp³-hybridized carbons (Fsp3) is 0.290. The van der Waals surface area contributed by atoms with Gasteiger partial charge in [-0.25, -0.2) is 0 Å². The summed E-state index contributed by atoms with van der Waals surface area (Å²) in [6, 6.07) is 25.1. The van der Waals surface area contributed by atoms with Crippen LogP contribution in [0.1, 0.15) is 11.1 Å². The highest BCUT2D eigenvalue weighted by molar-refractivity contribution is 6.31. The molecule has 7 nitrogen and oxygen atoms in total. The van der Waals surface area contributed by atoms with Crippen LogP contribution in [-0.4, -0.2) is 72.4 Å². The number of aromatic amines is 1. The summed E-state index contributed by atoms with van der Waals surface area (Å²) < 4.78 is 0. The lowest BCUT2D eigenvalue weighted by Crippen LogP contribution is -2.53. The van der Waals surface area contributed by atoms with Gasteiger partial charge in [0.15, 0.2) is 0 Å². The summed E-state index contributed by atoms with van der Waals surface area (Å²) in [6.07, 6.45) is 2.32. The van der Waals surface area contributed by atoms with E-state index in [9.17, 15) is 9.59 Å². The van der Waals surface area contributed by atoms with Crippen molar-refractivity contribution in [2.75, 3.05) is 44.7 Å². The first kappa shape index (κ1) is 26.8. The molecule has 4 aromatic rings. The number of benzene rings is 3. The molecular formula is C31H34ClN5O2. The van der Waals surface area contributed by atoms with Gasteiger partial charge < -0.3 is 20.1 Å². The van der Waals surface area contributed by atoms with Gasteiger partial charge in [-0.05, 0) is 35.4 Å². The van der Waals surface area contributed by atoms with E-state index in [1.807, 2.05) is 72.9 Å². The molecule has 0 radical (unpaired) electrons. The number of nitrogens with one attached hydrogen (secondary N) is 2. The molecule has 0 bridgehead atoms. The summed E-state index contributed by atoms with van der Waals surface area (Å²) in [7, 11) is 1.75. The number of hydrogen-bond acceptors (Lipinski definition) is 4. The average molecular weight is 544 g/mol. The van der Waals surface area contributed by atoms with Crippen LogP contribution < -0.4 is 10.2 Å². The zero-order valence-electron chi connectivity index (χ0n) is 22.1. The number of rotatable bonds is 9. The van der Waals surface area contributed by atoms with Gasteiger partial charge in [0.05, 0.1) is 6.54 Å². The van der Waals surface area contributed by atoms with Crippen LogP contribution in [0.25, 0.3) is 10.9 Å². The fourth-order valence-corrected chi connectivity index (χ4v) is 5.39. The SMILES string of the molecule is CN(Cc1ccccc1Cl)C(=O)C(Cc1c[nH]c2ccccc12)NC(=O)CN1CCN(c2ccccc2)CC1. The van der Waals surface area contributed by atoms with Gasteiger partial charge >= 0.3 is 0 Å². The molecule has 1 aliphatic rings. The van der Waals surface area contributed by atoms with E-state index >= 15 is 0 Å². The molecule has 2 heterocycles. The molecule has 1 atom stereocenters. The summed E-state index contributed by atoms with van der Waals surface area (Å²) in [4.78, 5) is 36.3. The van der Waals surface area contributed by atoms with Crippen LogP contribution in [0.5, 0.6) is 0 Å². The molecule has 3 aromatic carbocycles. The summed E-state index contributed by atoms with van der Waals surface area (Å²) in [5.41, 5.74) is 4.06. The van der Waals surface area contributed by atoms with Crippen molar-refractivity contribution in [2.24, 2.45) is 0 Å². The maximum absolute atomic E-state index is 13.7. The minimum absolute atomic E-state index is 0.146. The van der Waals surface area contributed by atoms with E-state index in [1.165, 1.54) is 5.69 Å². The Morgan fingerprint density at radius 1 is 0.923 bits per heavy atom. The van der Waals surface area contributed by atoms with E-state index in [2.05, 4.69) is 32.2 Å². The number of nitrogens with zero attached hydrogens (tertiary/aromatic N) is 3. The number of anilines is 1. The van der Waals surface area contributed by atoms with Crippen LogP contribution in [0.4, 0.5) is 5.69 Å². The van der Waals surface area contributed by atoms with Crippen LogP contribution in [0, 0.1) is 0 Å². The highest BCUT2D eigenvalue weighted by atomic mass is 35.5. The molecule has 39 heavy (non-hydrogen) atoms. The van der Waals surface area contributed by atoms with E-state index in [0.29, 0.717) is 18.0 Å². The topological polar surface area (TPSA) is 71.7 Å². The highest BCUT2D eigenvalue weighted by Gasteiger charge is 2.27. The molecule has 0 spiro atoms. The third kappa shape index (κ3) is 6.61. The Bertz CT molecular complexity index is 1410. The summed E-state index contributed by atoms with van der Waals surface area (Å²) in [5, 5.41) is 4.73. The maximum atomic E-state index is 13.7. The van der Waals surface area contributed by atoms with Crippen molar-refractivity contribution in [1.82, 2.24) is 20.1 Å². The first-order valence-corrected chi connectivity index (χ1v) is 13.7. The van der Waals surface area contributed by atoms with E-state index < -0.39 is 6.04 Å². The van der Waals surface area contributed by atoms with E-state index in [-0.39, 0.29) is 18.4 Å². The monoisotopic (exact) mass is 543 g/mol. The smallest absolute Gasteiger partial charge is 0.245 e. The maximum Gasteiger partial charge on any atom is 0.245 e. The van der Waals surface area contributed by atoms with Crippen LogP contribution in [0.15, 0.2) is 85.1 Å². The molecule has 5 rings (SSSR count). The molecule has 0 saturated carbocycles. The molecule has 1 unspecified atom stereocenters. The first-order chi connectivity index (χ1) is 19.0. The third-order valence-corrected chi connectivity index (χ3v) is 7.70. The van der Waals surface area contributed by atoms with E-state index in [0.717, 1.165) is 48.2 Å². The Hall–Kier alpha value is -3.81. The number of aromatic nitrogens is 1. The lowest BCUT2D eigenvalue weighted by atomic mass is 10.0. The standard InChI is InChI=1S/C31H34ClN5O2/c1-35(21-23-9-5-7-13-27(23)32)31(39)29(19-24-20-33-28-14-8-6-12-26(24)28)34-30(38)22-36-15-17-37(18-16-36)25-10-3-2-4-11-25/h2-14,20,29,33H,15-19,21-22H2,1H3,(H,34,38). The molecule has 202 valence electrons. The minimum Gasteiger partial charge on any atom is -0.369 e. The molecule has 1 aliphatic heterocycles. The second-order valence-electron chi connectivity index (χ2n) is 10.1. The van der Waals surface area contributed by atoms with Crippen LogP contribution in [0.3, 0.4) is 0 Å². The molecular weight excluding hydrogens is 510 g/mol. The Kier molecular flexibility index (Phi) is 8.49. The second-order valence-corrected chi connectivity index (χ2v) is 10.5. The minimum atomic E-state index is -0.699. The van der Waals surface area contributed by atoms with Crippen molar-refractivity contribution in [3.63, 3.8) is 0 Å². The predicted molar refractivity (Wildman–Crippen MR) is 157 cm³/mol. The van der Waals surface area contributed by atoms with Gasteiger partial charge in [-0.1, -0.05) is 66.2 Å². The first-order valence-electron chi connectivity index (χ1n) is 13.3. The number of carbonyl (C=O) groups excluding carboxylic acids is 2. The van der Waals surface area contributed by atoms with Gasteiger partial charge in [0, 0.05) is 74.0 Å². The number of likely N-dealkylation sites (N-methyl/N-ethyl adjacent to an activating group) is 1. The Labute approximate surface area is 234 Å². The average Bonchev–Trinajstić information content (AvgIpc) is 3.37. The van der Waals surface area contributed by atoms with Crippen molar-refractivity contribution < 1.29 is 9.59 Å². The number of piperazine rings is 1. The van der Waals surface area contributed by atoms with Crippen molar-refractivity contribution in [1.29, 1.82) is 0 Å². The van der Waals surface area contributed by atoms with Crippen molar-refractivity contribution in [3.05, 3.63) is 101 Å². The molecule has 1 saturated heterocycles. The zero-order valence-corrected chi connectivity index (χ0v) is 22.9. The highest BCUT2D eigenvalue weighted by Crippen LogP contribution is 2.21. The number of hydrogen-bond donors (Lipinski definition) is 2. The summed E-state index contributed by atoms with van der Waals surface area (Å²) in [5.74, 6) is -0.296. The Morgan fingerprint density at radius 2 is 1.62 bits per heavy atom.